The summed E-state index contributed by atoms with van der Waals surface area (Å²) >= 11 is 0. The number of allylic oxidation sites excluding steroid dienone is 1. The Bertz CT molecular complexity index is 688. The quantitative estimate of drug-likeness (QED) is 0.438. The maximum atomic E-state index is 11.2. The zero-order valence-corrected chi connectivity index (χ0v) is 18.7. The van der Waals surface area contributed by atoms with E-state index in [1.54, 1.807) is 14.1 Å². The van der Waals surface area contributed by atoms with Crippen LogP contribution in [0.3, 0.4) is 0 Å². The molecule has 0 spiro atoms. The molecule has 7 heteroatoms. The maximum Gasteiger partial charge on any atom is 0.362 e. The molecule has 1 aliphatic rings. The summed E-state index contributed by atoms with van der Waals surface area (Å²) in [6, 6.07) is 8.21. The van der Waals surface area contributed by atoms with E-state index >= 15 is 0 Å². The van der Waals surface area contributed by atoms with Gasteiger partial charge in [0.15, 0.2) is 0 Å². The van der Waals surface area contributed by atoms with Gasteiger partial charge in [0.25, 0.3) is 0 Å². The van der Waals surface area contributed by atoms with Crippen molar-refractivity contribution < 1.29 is 28.5 Å². The van der Waals surface area contributed by atoms with Crippen LogP contribution in [-0.2, 0) is 4.29 Å². The molecule has 0 unspecified atom stereocenters. The molecule has 1 aromatic rings. The van der Waals surface area contributed by atoms with Gasteiger partial charge in [0.2, 0.25) is 0 Å². The first-order valence-corrected chi connectivity index (χ1v) is 11.2. The van der Waals surface area contributed by atoms with Gasteiger partial charge >= 0.3 is 5.88 Å². The molecule has 6 nitrogen and oxygen atoms in total. The van der Waals surface area contributed by atoms with Gasteiger partial charge in [0, 0.05) is 20.6 Å². The fourth-order valence-corrected chi connectivity index (χ4v) is 4.41. The molecular formula is C22H33ClN2O4. The molecular weight excluding hydrogens is 392 g/mol. The third-order valence-electron chi connectivity index (χ3n) is 5.38. The summed E-state index contributed by atoms with van der Waals surface area (Å²) in [6.07, 6.45) is 7.92. The second kappa shape index (κ2) is 10.5. The topological polar surface area (TPSA) is 84.9 Å². The van der Waals surface area contributed by atoms with Crippen LogP contribution in [0.1, 0.15) is 49.1 Å². The monoisotopic (exact) mass is 424 g/mol. The van der Waals surface area contributed by atoms with E-state index in [1.165, 1.54) is 36.1 Å². The highest BCUT2D eigenvalue weighted by Gasteiger charge is 2.29. The lowest BCUT2D eigenvalue weighted by molar-refractivity contribution is -1.92. The lowest BCUT2D eigenvalue weighted by Crippen LogP contribution is -2.61. The van der Waals surface area contributed by atoms with Crippen molar-refractivity contribution in [3.05, 3.63) is 53.9 Å². The van der Waals surface area contributed by atoms with E-state index in [1.807, 2.05) is 37.2 Å². The van der Waals surface area contributed by atoms with Crippen molar-refractivity contribution in [2.45, 2.75) is 38.0 Å². The molecule has 0 bridgehead atoms. The van der Waals surface area contributed by atoms with Crippen LogP contribution in [-0.4, -0.2) is 44.5 Å². The Balaban J connectivity index is 2.26. The summed E-state index contributed by atoms with van der Waals surface area (Å²) in [4.78, 5) is 3.42. The molecule has 0 amide bonds. The van der Waals surface area contributed by atoms with Gasteiger partial charge in [-0.05, 0) is 73.5 Å². The number of nitrogens with zero attached hydrogens (tertiary/aromatic N) is 2. The minimum absolute atomic E-state index is 0.0352. The molecule has 1 aliphatic carbocycles. The second-order valence-corrected chi connectivity index (χ2v) is 9.15. The lowest BCUT2D eigenvalue weighted by Gasteiger charge is -2.28. The van der Waals surface area contributed by atoms with Crippen LogP contribution in [0.25, 0.3) is 5.57 Å². The molecule has 1 aromatic carbocycles. The van der Waals surface area contributed by atoms with Crippen LogP contribution in [0.5, 0.6) is 0 Å². The van der Waals surface area contributed by atoms with Crippen LogP contribution in [0.4, 0.5) is 0 Å². The summed E-state index contributed by atoms with van der Waals surface area (Å²) in [5.41, 5.74) is 2.79. The molecule has 0 aromatic heterocycles. The minimum Gasteiger partial charge on any atom is -0.335 e. The van der Waals surface area contributed by atoms with Gasteiger partial charge in [-0.15, -0.1) is 6.58 Å². The van der Waals surface area contributed by atoms with E-state index in [0.717, 1.165) is 17.9 Å². The van der Waals surface area contributed by atoms with E-state index in [-0.39, 0.29) is 5.88 Å². The average molecular weight is 425 g/mol. The van der Waals surface area contributed by atoms with Crippen molar-refractivity contribution in [3.8, 4) is 0 Å². The summed E-state index contributed by atoms with van der Waals surface area (Å²) in [6.45, 7) is 4.28. The smallest absolute Gasteiger partial charge is 0.335 e. The van der Waals surface area contributed by atoms with E-state index < -0.39 is 10.2 Å². The Kier molecular flexibility index (Phi) is 8.55. The predicted octanol–water partition coefficient (Wildman–Crippen LogP) is 1.24. The highest BCUT2D eigenvalue weighted by molar-refractivity contribution is 5.68. The van der Waals surface area contributed by atoms with Crippen molar-refractivity contribution in [2.24, 2.45) is 5.92 Å². The Morgan fingerprint density at radius 3 is 2.10 bits per heavy atom. The predicted molar refractivity (Wildman–Crippen MR) is 106 cm³/mol. The molecule has 1 saturated carbocycles. The number of halogens is 1. The zero-order valence-electron chi connectivity index (χ0n) is 17.9. The maximum absolute atomic E-state index is 11.2. The van der Waals surface area contributed by atoms with Gasteiger partial charge in [-0.25, -0.2) is 0 Å². The normalized spacial score (nSPS) is 21.0. The van der Waals surface area contributed by atoms with Gasteiger partial charge in [0.1, 0.15) is 10.2 Å². The van der Waals surface area contributed by atoms with E-state index in [9.17, 15) is 14.0 Å². The highest BCUT2D eigenvalue weighted by Crippen LogP contribution is 2.37. The standard InChI is InChI=1S/C22H33ClN2O4/c1-6-7-17-8-10-18(11-9-17)19-12-14-20(15-13-19)21(16-24(2)3)22(25(4)5)29-23(26,27)28/h6,12-15,17-18H,1,7-11,16H2,2-5H3. The van der Waals surface area contributed by atoms with Gasteiger partial charge < -0.3 is 9.80 Å². The Morgan fingerprint density at radius 2 is 1.66 bits per heavy atom. The number of rotatable bonds is 9. The van der Waals surface area contributed by atoms with Crippen molar-refractivity contribution in [3.63, 3.8) is 0 Å². The highest BCUT2D eigenvalue weighted by atomic mass is 35.7. The van der Waals surface area contributed by atoms with Crippen molar-refractivity contribution in [2.75, 3.05) is 34.7 Å². The molecule has 29 heavy (non-hydrogen) atoms. The largest absolute Gasteiger partial charge is 0.362 e. The third kappa shape index (κ3) is 7.32. The number of likely N-dealkylation sites (N-methyl/N-ethyl adjacent to an activating group) is 1. The summed E-state index contributed by atoms with van der Waals surface area (Å²) in [5.74, 6) is 1.34. The van der Waals surface area contributed by atoms with Crippen molar-refractivity contribution in [1.82, 2.24) is 9.80 Å². The zero-order chi connectivity index (χ0) is 21.6. The minimum atomic E-state index is -4.57. The Labute approximate surface area is 176 Å². The fraction of sp³-hybridized carbons (Fsp3) is 0.545. The first kappa shape index (κ1) is 23.7. The third-order valence-corrected chi connectivity index (χ3v) is 5.72. The van der Waals surface area contributed by atoms with Gasteiger partial charge in [-0.3, -0.25) is 0 Å². The second-order valence-electron chi connectivity index (χ2n) is 8.24. The first-order chi connectivity index (χ1) is 13.6. The van der Waals surface area contributed by atoms with E-state index in [0.29, 0.717) is 18.0 Å². The number of hydrogen-bond donors (Lipinski definition) is 0. The number of benzene rings is 1. The lowest BCUT2D eigenvalue weighted by atomic mass is 9.77. The molecule has 0 N–H and O–H groups in total. The van der Waals surface area contributed by atoms with Crippen LogP contribution in [0, 0.1) is 16.2 Å². The SMILES string of the molecule is C=CCC1CCC(c2ccc(C(CN(C)C)=C(O[Cl+3]([O-])([O-])[O-])N(C)C)cc2)CC1. The van der Waals surface area contributed by atoms with Crippen LogP contribution in [0.2, 0.25) is 0 Å². The average Bonchev–Trinajstić information content (AvgIpc) is 2.64. The molecule has 162 valence electrons. The molecule has 0 atom stereocenters. The molecule has 0 aliphatic heterocycles. The van der Waals surface area contributed by atoms with Gasteiger partial charge in [0.05, 0.1) is 5.57 Å². The van der Waals surface area contributed by atoms with Crippen molar-refractivity contribution in [1.29, 1.82) is 0 Å². The molecule has 0 radical (unpaired) electrons. The van der Waals surface area contributed by atoms with E-state index in [2.05, 4.69) is 18.7 Å². The summed E-state index contributed by atoms with van der Waals surface area (Å²) in [7, 11) is 2.50. The summed E-state index contributed by atoms with van der Waals surface area (Å²) < 4.78 is 38.4. The Hall–Kier alpha value is -1.57. The first-order valence-electron chi connectivity index (χ1n) is 9.97. The fourth-order valence-electron chi connectivity index (χ4n) is 4.00. The molecule has 1 fully saturated rings. The Morgan fingerprint density at radius 1 is 1.07 bits per heavy atom. The van der Waals surface area contributed by atoms with Crippen LogP contribution >= 0.6 is 0 Å². The van der Waals surface area contributed by atoms with Crippen LogP contribution in [0.15, 0.2) is 42.8 Å². The van der Waals surface area contributed by atoms with E-state index in [4.69, 9.17) is 4.29 Å². The summed E-state index contributed by atoms with van der Waals surface area (Å²) in [5, 5.41) is 0. The molecule has 0 saturated heterocycles. The van der Waals surface area contributed by atoms with Crippen LogP contribution < -0.4 is 14.0 Å². The molecule has 0 heterocycles. The van der Waals surface area contributed by atoms with Gasteiger partial charge in [-0.1, -0.05) is 30.3 Å². The van der Waals surface area contributed by atoms with Crippen molar-refractivity contribution >= 4 is 5.57 Å². The number of hydrogen-bond acceptors (Lipinski definition) is 6. The van der Waals surface area contributed by atoms with Gasteiger partial charge in [-0.2, -0.15) is 14.0 Å². The molecule has 2 rings (SSSR count).